The molecule has 0 bridgehead atoms. The summed E-state index contributed by atoms with van der Waals surface area (Å²) in [6, 6.07) is 7.41. The van der Waals surface area contributed by atoms with Gasteiger partial charge in [-0.2, -0.15) is 0 Å². The minimum absolute atomic E-state index is 0.200. The number of hydrogen-bond donors (Lipinski definition) is 2. The predicted octanol–water partition coefficient (Wildman–Crippen LogP) is 5.56. The van der Waals surface area contributed by atoms with E-state index in [-0.39, 0.29) is 49.5 Å². The largest absolute Gasteiger partial charge is 0.506 e. The van der Waals surface area contributed by atoms with Crippen molar-refractivity contribution in [1.29, 1.82) is 0 Å². The molecule has 0 radical (unpaired) electrons. The molecule has 6 nitrogen and oxygen atoms in total. The molecular formula is C21H20I4O6. The zero-order valence-electron chi connectivity index (χ0n) is 16.3. The van der Waals surface area contributed by atoms with Crippen LogP contribution >= 0.6 is 90.4 Å². The third kappa shape index (κ3) is 9.35. The Kier molecular flexibility index (Phi) is 11.9. The molecule has 2 aromatic rings. The summed E-state index contributed by atoms with van der Waals surface area (Å²) in [5, 5.41) is 19.6. The van der Waals surface area contributed by atoms with E-state index in [4.69, 9.17) is 9.47 Å². The molecule has 2 rings (SSSR count). The van der Waals surface area contributed by atoms with Gasteiger partial charge in [0.25, 0.3) is 0 Å². The molecule has 0 fully saturated rings. The van der Waals surface area contributed by atoms with Gasteiger partial charge in [0.1, 0.15) is 11.5 Å². The zero-order valence-corrected chi connectivity index (χ0v) is 24.9. The first kappa shape index (κ1) is 27.1. The predicted molar refractivity (Wildman–Crippen MR) is 150 cm³/mol. The lowest BCUT2D eigenvalue weighted by Crippen LogP contribution is -2.11. The van der Waals surface area contributed by atoms with E-state index in [0.717, 1.165) is 25.4 Å². The smallest absolute Gasteiger partial charge is 0.306 e. The number of phenolic OH excluding ortho intramolecular Hbond substituents is 2. The normalized spacial score (nSPS) is 10.7. The van der Waals surface area contributed by atoms with Gasteiger partial charge >= 0.3 is 11.9 Å². The Bertz CT molecular complexity index is 826. The first-order valence-corrected chi connectivity index (χ1v) is 13.6. The monoisotopic (exact) mass is 876 g/mol. The van der Waals surface area contributed by atoms with Crippen LogP contribution in [-0.2, 0) is 31.9 Å². The maximum atomic E-state index is 11.9. The number of phenols is 2. The fraction of sp³-hybridized carbons (Fsp3) is 0.333. The minimum Gasteiger partial charge on any atom is -0.506 e. The fourth-order valence-electron chi connectivity index (χ4n) is 2.59. The maximum absolute atomic E-state index is 11.9. The van der Waals surface area contributed by atoms with E-state index < -0.39 is 0 Å². The first-order chi connectivity index (χ1) is 14.7. The van der Waals surface area contributed by atoms with Crippen LogP contribution in [0.2, 0.25) is 0 Å². The van der Waals surface area contributed by atoms with Gasteiger partial charge in [-0.3, -0.25) is 9.59 Å². The lowest BCUT2D eigenvalue weighted by atomic mass is 10.1. The van der Waals surface area contributed by atoms with Crippen molar-refractivity contribution in [3.8, 4) is 11.5 Å². The molecule has 0 atom stereocenters. The minimum atomic E-state index is -0.305. The van der Waals surface area contributed by atoms with Crippen molar-refractivity contribution in [2.24, 2.45) is 0 Å². The third-order valence-electron chi connectivity index (χ3n) is 4.20. The first-order valence-electron chi connectivity index (χ1n) is 9.32. The summed E-state index contributed by atoms with van der Waals surface area (Å²) >= 11 is 8.24. The number of rotatable bonds is 10. The highest BCUT2D eigenvalue weighted by Crippen LogP contribution is 2.28. The van der Waals surface area contributed by atoms with Crippen LogP contribution in [0.4, 0.5) is 0 Å². The highest BCUT2D eigenvalue weighted by atomic mass is 127. The number of hydrogen-bond acceptors (Lipinski definition) is 6. The number of halogens is 4. The van der Waals surface area contributed by atoms with Crippen LogP contribution in [0, 0.1) is 14.3 Å². The summed E-state index contributed by atoms with van der Waals surface area (Å²) in [4.78, 5) is 23.8. The van der Waals surface area contributed by atoms with Gasteiger partial charge in [0.05, 0.1) is 27.5 Å². The summed E-state index contributed by atoms with van der Waals surface area (Å²) in [5.41, 5.74) is 1.94. The Labute approximate surface area is 235 Å². The summed E-state index contributed by atoms with van der Waals surface area (Å²) in [6.45, 7) is 0.399. The molecule has 10 heteroatoms. The summed E-state index contributed by atoms with van der Waals surface area (Å²) in [6.07, 6.45) is 2.02. The van der Waals surface area contributed by atoms with Crippen molar-refractivity contribution in [3.05, 3.63) is 49.7 Å². The van der Waals surface area contributed by atoms with E-state index in [2.05, 4.69) is 90.4 Å². The van der Waals surface area contributed by atoms with Crippen molar-refractivity contribution >= 4 is 102 Å². The molecule has 0 spiro atoms. The average molecular weight is 876 g/mol. The highest BCUT2D eigenvalue weighted by Gasteiger charge is 2.10. The zero-order chi connectivity index (χ0) is 23.0. The molecule has 0 aromatic heterocycles. The number of esters is 2. The second kappa shape index (κ2) is 13.6. The van der Waals surface area contributed by atoms with Crippen LogP contribution in [0.5, 0.6) is 11.5 Å². The number of aromatic hydroxyl groups is 2. The molecule has 0 unspecified atom stereocenters. The second-order valence-electron chi connectivity index (χ2n) is 6.61. The summed E-state index contributed by atoms with van der Waals surface area (Å²) in [7, 11) is 0. The molecule has 2 N–H and O–H groups in total. The van der Waals surface area contributed by atoms with E-state index in [0.29, 0.717) is 19.3 Å². The number of ether oxygens (including phenoxy) is 2. The van der Waals surface area contributed by atoms with Gasteiger partial charge in [-0.15, -0.1) is 0 Å². The molecule has 0 aliphatic carbocycles. The van der Waals surface area contributed by atoms with Crippen LogP contribution in [0.15, 0.2) is 24.3 Å². The maximum Gasteiger partial charge on any atom is 0.306 e. The molecule has 31 heavy (non-hydrogen) atoms. The van der Waals surface area contributed by atoms with Crippen molar-refractivity contribution < 1.29 is 29.3 Å². The van der Waals surface area contributed by atoms with Crippen LogP contribution in [0.1, 0.15) is 30.4 Å². The number of carbonyl (C=O) groups is 2. The SMILES string of the molecule is O=C(CCc1cc(I)c(O)c(I)c1)OCCCOC(=O)CCc1cc(I)c(O)c(I)c1. The molecule has 0 heterocycles. The number of aryl methyl sites for hydroxylation is 2. The van der Waals surface area contributed by atoms with Gasteiger partial charge in [-0.05, 0) is 139 Å². The van der Waals surface area contributed by atoms with Crippen LogP contribution in [-0.4, -0.2) is 35.4 Å². The number of benzene rings is 2. The van der Waals surface area contributed by atoms with E-state index >= 15 is 0 Å². The van der Waals surface area contributed by atoms with Gasteiger partial charge < -0.3 is 19.7 Å². The van der Waals surface area contributed by atoms with Crippen LogP contribution in [0.25, 0.3) is 0 Å². The Morgan fingerprint density at radius 3 is 1.32 bits per heavy atom. The van der Waals surface area contributed by atoms with Crippen LogP contribution < -0.4 is 0 Å². The third-order valence-corrected chi connectivity index (χ3v) is 7.49. The number of carbonyl (C=O) groups excluding carboxylic acids is 2. The van der Waals surface area contributed by atoms with Crippen molar-refractivity contribution in [1.82, 2.24) is 0 Å². The second-order valence-corrected chi connectivity index (χ2v) is 11.3. The highest BCUT2D eigenvalue weighted by molar-refractivity contribution is 14.1. The van der Waals surface area contributed by atoms with E-state index in [1.807, 2.05) is 24.3 Å². The Morgan fingerprint density at radius 2 is 1.00 bits per heavy atom. The lowest BCUT2D eigenvalue weighted by molar-refractivity contribution is -0.146. The van der Waals surface area contributed by atoms with Crippen molar-refractivity contribution in [2.75, 3.05) is 13.2 Å². The Balaban J connectivity index is 1.60. The fourth-order valence-corrected chi connectivity index (χ4v) is 6.39. The molecule has 2 aromatic carbocycles. The molecular weight excluding hydrogens is 856 g/mol. The van der Waals surface area contributed by atoms with Crippen molar-refractivity contribution in [3.63, 3.8) is 0 Å². The standard InChI is InChI=1S/C21H20I4O6/c22-14-8-12(9-15(23)20(14)28)2-4-18(26)30-6-1-7-31-19(27)5-3-13-10-16(24)21(29)17(25)11-13/h8-11,28-29H,1-7H2. The van der Waals surface area contributed by atoms with E-state index in [9.17, 15) is 19.8 Å². The topological polar surface area (TPSA) is 93.1 Å². The molecule has 0 aliphatic rings. The van der Waals surface area contributed by atoms with Gasteiger partial charge in [0.15, 0.2) is 0 Å². The van der Waals surface area contributed by atoms with Gasteiger partial charge in [-0.1, -0.05) is 0 Å². The summed E-state index contributed by atoms with van der Waals surface area (Å²) < 4.78 is 13.4. The molecule has 0 amide bonds. The lowest BCUT2D eigenvalue weighted by Gasteiger charge is -2.08. The van der Waals surface area contributed by atoms with E-state index in [1.165, 1.54) is 0 Å². The molecule has 0 aliphatic heterocycles. The summed E-state index contributed by atoms with van der Waals surface area (Å²) in [5.74, 6) is -0.0915. The quantitative estimate of drug-likeness (QED) is 0.185. The van der Waals surface area contributed by atoms with Crippen molar-refractivity contribution in [2.45, 2.75) is 32.1 Å². The molecule has 0 saturated carbocycles. The van der Waals surface area contributed by atoms with Crippen LogP contribution in [0.3, 0.4) is 0 Å². The Morgan fingerprint density at radius 1 is 0.677 bits per heavy atom. The molecule has 0 saturated heterocycles. The van der Waals surface area contributed by atoms with Gasteiger partial charge in [0, 0.05) is 19.3 Å². The average Bonchev–Trinajstić information content (AvgIpc) is 2.72. The molecule has 168 valence electrons. The van der Waals surface area contributed by atoms with E-state index in [1.54, 1.807) is 0 Å². The van der Waals surface area contributed by atoms with Gasteiger partial charge in [0.2, 0.25) is 0 Å². The van der Waals surface area contributed by atoms with Gasteiger partial charge in [-0.25, -0.2) is 0 Å². The Hall–Kier alpha value is -0.100.